The van der Waals surface area contributed by atoms with E-state index in [1.807, 2.05) is 32.0 Å². The minimum absolute atomic E-state index is 0.203. The second-order valence-corrected chi connectivity index (χ2v) is 7.86. The fourth-order valence-electron chi connectivity index (χ4n) is 3.56. The Bertz CT molecular complexity index is 1200. The molecule has 0 saturated carbocycles. The van der Waals surface area contributed by atoms with E-state index in [0.717, 1.165) is 16.7 Å². The highest BCUT2D eigenvalue weighted by Gasteiger charge is 2.20. The Labute approximate surface area is 186 Å². The van der Waals surface area contributed by atoms with E-state index in [1.165, 1.54) is 4.57 Å². The highest BCUT2D eigenvalue weighted by atomic mass is 16.6. The van der Waals surface area contributed by atoms with Crippen LogP contribution in [0.1, 0.15) is 17.5 Å². The molecule has 0 bridgehead atoms. The second-order valence-electron chi connectivity index (χ2n) is 7.86. The molecule has 0 spiro atoms. The van der Waals surface area contributed by atoms with Crippen molar-refractivity contribution < 1.29 is 14.3 Å². The van der Waals surface area contributed by atoms with Gasteiger partial charge < -0.3 is 19.4 Å². The minimum atomic E-state index is -0.538. The number of nitrogens with zero attached hydrogens (tertiary/aromatic N) is 2. The van der Waals surface area contributed by atoms with E-state index >= 15 is 0 Å². The van der Waals surface area contributed by atoms with Crippen molar-refractivity contribution in [2.45, 2.75) is 26.4 Å². The van der Waals surface area contributed by atoms with E-state index < -0.39 is 6.09 Å². The Morgan fingerprint density at radius 2 is 1.97 bits per heavy atom. The van der Waals surface area contributed by atoms with Gasteiger partial charge in [0.25, 0.3) is 5.56 Å². The summed E-state index contributed by atoms with van der Waals surface area (Å²) in [5.74, 6) is 0.203. The monoisotopic (exact) mass is 434 g/mol. The summed E-state index contributed by atoms with van der Waals surface area (Å²) in [5.41, 5.74) is 4.85. The molecule has 1 amide bonds. The lowest BCUT2D eigenvalue weighted by Crippen LogP contribution is -2.22. The first kappa shape index (κ1) is 21.6. The fraction of sp³-hybridized carbons (Fsp3) is 0.292. The number of carbonyl (C=O) groups is 1. The molecule has 4 rings (SSSR count). The molecule has 1 aromatic heterocycles. The van der Waals surface area contributed by atoms with E-state index in [2.05, 4.69) is 15.6 Å². The van der Waals surface area contributed by atoms with Crippen LogP contribution in [-0.4, -0.2) is 35.0 Å². The van der Waals surface area contributed by atoms with Crippen molar-refractivity contribution in [3.8, 4) is 11.3 Å². The van der Waals surface area contributed by atoms with Crippen LogP contribution in [0.2, 0.25) is 0 Å². The van der Waals surface area contributed by atoms with Gasteiger partial charge in [0.05, 0.1) is 18.9 Å². The van der Waals surface area contributed by atoms with Crippen LogP contribution in [0, 0.1) is 13.8 Å². The highest BCUT2D eigenvalue weighted by Crippen LogP contribution is 2.25. The molecule has 1 aliphatic heterocycles. The number of amides is 1. The minimum Gasteiger partial charge on any atom is -0.443 e. The molecule has 1 aliphatic rings. The smallest absolute Gasteiger partial charge is 0.411 e. The Morgan fingerprint density at radius 1 is 1.19 bits per heavy atom. The van der Waals surface area contributed by atoms with Crippen LogP contribution < -0.4 is 16.2 Å². The molecule has 1 unspecified atom stereocenters. The summed E-state index contributed by atoms with van der Waals surface area (Å²) in [6, 6.07) is 13.0. The van der Waals surface area contributed by atoms with E-state index in [0.29, 0.717) is 36.7 Å². The van der Waals surface area contributed by atoms with Crippen LogP contribution in [0.5, 0.6) is 0 Å². The largest absolute Gasteiger partial charge is 0.443 e. The van der Waals surface area contributed by atoms with Crippen LogP contribution in [0.25, 0.3) is 11.3 Å². The van der Waals surface area contributed by atoms with Crippen molar-refractivity contribution >= 4 is 23.3 Å². The third-order valence-electron chi connectivity index (χ3n) is 5.49. The first-order chi connectivity index (χ1) is 15.4. The van der Waals surface area contributed by atoms with Crippen molar-refractivity contribution in [3.63, 3.8) is 0 Å². The van der Waals surface area contributed by atoms with Gasteiger partial charge in [0.15, 0.2) is 5.82 Å². The summed E-state index contributed by atoms with van der Waals surface area (Å²) >= 11 is 0. The molecule has 32 heavy (non-hydrogen) atoms. The lowest BCUT2D eigenvalue weighted by Gasteiger charge is -2.14. The molecule has 0 aliphatic carbocycles. The number of hydrogen-bond acceptors (Lipinski definition) is 6. The molecule has 0 radical (unpaired) electrons. The van der Waals surface area contributed by atoms with E-state index in [-0.39, 0.29) is 17.5 Å². The first-order valence-corrected chi connectivity index (χ1v) is 10.5. The molecule has 166 valence electrons. The maximum atomic E-state index is 12.7. The van der Waals surface area contributed by atoms with Crippen molar-refractivity contribution in [2.75, 3.05) is 23.8 Å². The van der Waals surface area contributed by atoms with Crippen molar-refractivity contribution in [2.24, 2.45) is 7.05 Å². The number of rotatable bonds is 5. The topological polar surface area (TPSA) is 94.5 Å². The van der Waals surface area contributed by atoms with Gasteiger partial charge in [-0.15, -0.1) is 0 Å². The SMILES string of the molecule is Cc1cccc(-c2cn(C)c(=O)c(Nc3cccc(NC(=O)OC4CCOC4)c3)n2)c1C. The van der Waals surface area contributed by atoms with Crippen LogP contribution in [0.4, 0.5) is 22.0 Å². The maximum Gasteiger partial charge on any atom is 0.411 e. The number of nitrogens with one attached hydrogen (secondary N) is 2. The molecular formula is C24H26N4O4. The number of carbonyl (C=O) groups excluding carboxylic acids is 1. The second kappa shape index (κ2) is 9.23. The Kier molecular flexibility index (Phi) is 6.23. The number of hydrogen-bond donors (Lipinski definition) is 2. The molecule has 2 heterocycles. The Morgan fingerprint density at radius 3 is 2.75 bits per heavy atom. The van der Waals surface area contributed by atoms with Crippen molar-refractivity contribution in [3.05, 3.63) is 70.1 Å². The van der Waals surface area contributed by atoms with Gasteiger partial charge in [-0.1, -0.05) is 24.3 Å². The van der Waals surface area contributed by atoms with Crippen LogP contribution >= 0.6 is 0 Å². The summed E-state index contributed by atoms with van der Waals surface area (Å²) in [5, 5.41) is 5.80. The predicted molar refractivity (Wildman–Crippen MR) is 123 cm³/mol. The van der Waals surface area contributed by atoms with Crippen LogP contribution in [0.3, 0.4) is 0 Å². The van der Waals surface area contributed by atoms with Crippen molar-refractivity contribution in [1.82, 2.24) is 9.55 Å². The predicted octanol–water partition coefficient (Wildman–Crippen LogP) is 4.15. The first-order valence-electron chi connectivity index (χ1n) is 10.5. The summed E-state index contributed by atoms with van der Waals surface area (Å²) in [4.78, 5) is 29.4. The summed E-state index contributed by atoms with van der Waals surface area (Å²) in [6.07, 6.45) is 1.66. The third kappa shape index (κ3) is 4.81. The lowest BCUT2D eigenvalue weighted by molar-refractivity contribution is 0.0932. The van der Waals surface area contributed by atoms with Gasteiger partial charge in [-0.3, -0.25) is 10.1 Å². The van der Waals surface area contributed by atoms with Gasteiger partial charge in [-0.05, 0) is 43.2 Å². The molecule has 2 aromatic carbocycles. The molecule has 1 atom stereocenters. The summed E-state index contributed by atoms with van der Waals surface area (Å²) in [6.45, 7) is 5.10. The third-order valence-corrected chi connectivity index (χ3v) is 5.49. The van der Waals surface area contributed by atoms with Gasteiger partial charge >= 0.3 is 6.09 Å². The highest BCUT2D eigenvalue weighted by molar-refractivity contribution is 5.85. The number of ether oxygens (including phenoxy) is 2. The standard InChI is InChI=1S/C24H26N4O4/c1-15-6-4-9-20(16(15)2)21-13-28(3)23(29)22(27-21)25-17-7-5-8-18(12-17)26-24(30)32-19-10-11-31-14-19/h4-9,12-13,19H,10-11,14H2,1-3H3,(H,25,27)(H,26,30). The Hall–Kier alpha value is -3.65. The number of benzene rings is 2. The van der Waals surface area contributed by atoms with Gasteiger partial charge in [0.1, 0.15) is 6.10 Å². The van der Waals surface area contributed by atoms with Gasteiger partial charge in [-0.25, -0.2) is 9.78 Å². The zero-order valence-corrected chi connectivity index (χ0v) is 18.3. The van der Waals surface area contributed by atoms with E-state index in [9.17, 15) is 9.59 Å². The van der Waals surface area contributed by atoms with Crippen LogP contribution in [0.15, 0.2) is 53.5 Å². The van der Waals surface area contributed by atoms with Gasteiger partial charge in [-0.2, -0.15) is 0 Å². The van der Waals surface area contributed by atoms with E-state index in [1.54, 1.807) is 37.5 Å². The van der Waals surface area contributed by atoms with Crippen molar-refractivity contribution in [1.29, 1.82) is 0 Å². The summed E-state index contributed by atoms with van der Waals surface area (Å²) < 4.78 is 12.1. The molecular weight excluding hydrogens is 408 g/mol. The normalized spacial score (nSPS) is 15.4. The van der Waals surface area contributed by atoms with Gasteiger partial charge in [0, 0.05) is 36.6 Å². The molecule has 2 N–H and O–H groups in total. The van der Waals surface area contributed by atoms with Crippen LogP contribution in [-0.2, 0) is 16.5 Å². The molecule has 1 fully saturated rings. The number of anilines is 3. The molecule has 8 nitrogen and oxygen atoms in total. The van der Waals surface area contributed by atoms with E-state index in [4.69, 9.17) is 9.47 Å². The molecule has 8 heteroatoms. The maximum absolute atomic E-state index is 12.7. The fourth-order valence-corrected chi connectivity index (χ4v) is 3.56. The van der Waals surface area contributed by atoms with Gasteiger partial charge in [0.2, 0.25) is 0 Å². The number of aryl methyl sites for hydroxylation is 2. The lowest BCUT2D eigenvalue weighted by atomic mass is 10.0. The molecule has 1 saturated heterocycles. The summed E-state index contributed by atoms with van der Waals surface area (Å²) in [7, 11) is 1.70. The average molecular weight is 434 g/mol. The quantitative estimate of drug-likeness (QED) is 0.627. The Balaban J connectivity index is 1.55. The zero-order chi connectivity index (χ0) is 22.7. The molecule has 3 aromatic rings. The average Bonchev–Trinajstić information content (AvgIpc) is 3.26. The zero-order valence-electron chi connectivity index (χ0n) is 18.3. The number of aromatic nitrogens is 2.